The van der Waals surface area contributed by atoms with Gasteiger partial charge in [0, 0.05) is 0 Å². The van der Waals surface area contributed by atoms with E-state index in [0.717, 1.165) is 0 Å². The lowest BCUT2D eigenvalue weighted by Gasteiger charge is -1.96. The highest BCUT2D eigenvalue weighted by molar-refractivity contribution is 14.0. The molecule has 0 atom stereocenters. The summed E-state index contributed by atoms with van der Waals surface area (Å²) in [4.78, 5) is 4.17. The Morgan fingerprint density at radius 2 is 2.00 bits per heavy atom. The average Bonchev–Trinajstić information content (AvgIpc) is 2.16. The van der Waals surface area contributed by atoms with E-state index in [1.54, 1.807) is 0 Å². The summed E-state index contributed by atoms with van der Waals surface area (Å²) < 4.78 is 0. The van der Waals surface area contributed by atoms with Gasteiger partial charge in [0.1, 0.15) is 0 Å². The normalized spacial score (nSPS) is 10.7. The van der Waals surface area contributed by atoms with Crippen LogP contribution in [-0.4, -0.2) is 11.4 Å². The van der Waals surface area contributed by atoms with Gasteiger partial charge in [-0.3, -0.25) is 4.99 Å². The van der Waals surface area contributed by atoms with Crippen LogP contribution in [0, 0.1) is 0 Å². The van der Waals surface area contributed by atoms with Crippen LogP contribution in [0.5, 0.6) is 0 Å². The average molecular weight is 308 g/mol. The van der Waals surface area contributed by atoms with E-state index in [0.29, 0.717) is 11.7 Å². The maximum Gasteiger partial charge on any atom is 0.153 e. The molecule has 4 heteroatoms. The molecule has 72 valence electrons. The van der Waals surface area contributed by atoms with Gasteiger partial charge in [-0.25, -0.2) is 0 Å². The summed E-state index contributed by atoms with van der Waals surface area (Å²) in [5, 5.41) is 0.638. The fraction of sp³-hybridized carbons (Fsp3) is 0.222. The van der Waals surface area contributed by atoms with Crippen LogP contribution in [0.2, 0.25) is 0 Å². The highest BCUT2D eigenvalue weighted by Crippen LogP contribution is 2.01. The summed E-state index contributed by atoms with van der Waals surface area (Å²) in [6.45, 7) is 0.674. The lowest BCUT2D eigenvalue weighted by Crippen LogP contribution is -2.05. The van der Waals surface area contributed by atoms with Gasteiger partial charge in [0.15, 0.2) is 5.17 Å². The number of halogens is 1. The molecule has 1 aromatic carbocycles. The van der Waals surface area contributed by atoms with E-state index in [1.807, 2.05) is 36.6 Å². The van der Waals surface area contributed by atoms with Crippen molar-refractivity contribution in [2.24, 2.45) is 10.7 Å². The van der Waals surface area contributed by atoms with E-state index in [4.69, 9.17) is 5.73 Å². The number of rotatable bonds is 2. The van der Waals surface area contributed by atoms with E-state index in [2.05, 4.69) is 4.99 Å². The summed E-state index contributed by atoms with van der Waals surface area (Å²) in [5.41, 5.74) is 6.72. The quantitative estimate of drug-likeness (QED) is 0.518. The topological polar surface area (TPSA) is 38.4 Å². The van der Waals surface area contributed by atoms with Crippen LogP contribution in [0.1, 0.15) is 5.56 Å². The van der Waals surface area contributed by atoms with Crippen molar-refractivity contribution in [3.05, 3.63) is 35.9 Å². The zero-order valence-corrected chi connectivity index (χ0v) is 10.6. The molecule has 1 aromatic rings. The molecule has 0 fully saturated rings. The van der Waals surface area contributed by atoms with Crippen molar-refractivity contribution in [3.8, 4) is 0 Å². The third-order valence-corrected chi connectivity index (χ3v) is 2.02. The number of hydrogen-bond donors (Lipinski definition) is 1. The highest BCUT2D eigenvalue weighted by atomic mass is 127. The molecule has 0 amide bonds. The maximum absolute atomic E-state index is 5.53. The predicted octanol–water partition coefficient (Wildman–Crippen LogP) is 2.48. The molecule has 0 saturated carbocycles. The maximum atomic E-state index is 5.53. The minimum Gasteiger partial charge on any atom is -0.379 e. The Balaban J connectivity index is 0.00000144. The van der Waals surface area contributed by atoms with Gasteiger partial charge in [0.2, 0.25) is 0 Å². The third-order valence-electron chi connectivity index (χ3n) is 1.47. The van der Waals surface area contributed by atoms with Gasteiger partial charge in [0.25, 0.3) is 0 Å². The summed E-state index contributed by atoms with van der Waals surface area (Å²) in [5.74, 6) is 0. The van der Waals surface area contributed by atoms with Crippen molar-refractivity contribution in [3.63, 3.8) is 0 Å². The fourth-order valence-electron chi connectivity index (χ4n) is 0.817. The molecule has 0 aromatic heterocycles. The first-order chi connectivity index (χ1) is 5.83. The van der Waals surface area contributed by atoms with Crippen LogP contribution in [-0.2, 0) is 6.54 Å². The molecule has 0 aliphatic carbocycles. The zero-order chi connectivity index (χ0) is 8.81. The molecule has 1 rings (SSSR count). The molecule has 0 heterocycles. The van der Waals surface area contributed by atoms with Crippen LogP contribution in [0.3, 0.4) is 0 Å². The van der Waals surface area contributed by atoms with Gasteiger partial charge in [-0.05, 0) is 11.8 Å². The molecule has 0 spiro atoms. The number of amidine groups is 1. The van der Waals surface area contributed by atoms with E-state index < -0.39 is 0 Å². The lowest BCUT2D eigenvalue weighted by atomic mass is 10.2. The first-order valence-electron chi connectivity index (χ1n) is 3.71. The molecule has 2 nitrogen and oxygen atoms in total. The standard InChI is InChI=1S/C9H12N2S.HI/c1-12-9(10)11-7-8-5-3-2-4-6-8;/h2-6H,7H2,1H3,(H2,10,11);1H. The van der Waals surface area contributed by atoms with Crippen molar-refractivity contribution in [1.29, 1.82) is 0 Å². The van der Waals surface area contributed by atoms with E-state index in [-0.39, 0.29) is 24.0 Å². The van der Waals surface area contributed by atoms with Crippen LogP contribution in [0.4, 0.5) is 0 Å². The number of thioether (sulfide) groups is 1. The number of nitrogens with two attached hydrogens (primary N) is 1. The molecule has 2 N–H and O–H groups in total. The van der Waals surface area contributed by atoms with Crippen molar-refractivity contribution >= 4 is 40.9 Å². The number of nitrogens with zero attached hydrogens (tertiary/aromatic N) is 1. The number of hydrogen-bond acceptors (Lipinski definition) is 2. The molecule has 0 unspecified atom stereocenters. The first kappa shape index (κ1) is 12.8. The summed E-state index contributed by atoms with van der Waals surface area (Å²) >= 11 is 1.47. The SMILES string of the molecule is CSC(N)=NCc1ccccc1.I. The second kappa shape index (κ2) is 7.20. The molecule has 0 saturated heterocycles. The van der Waals surface area contributed by atoms with E-state index in [9.17, 15) is 0 Å². The zero-order valence-electron chi connectivity index (χ0n) is 7.43. The van der Waals surface area contributed by atoms with Gasteiger partial charge in [-0.1, -0.05) is 42.1 Å². The monoisotopic (exact) mass is 308 g/mol. The molecular formula is C9H13IN2S. The smallest absolute Gasteiger partial charge is 0.153 e. The van der Waals surface area contributed by atoms with Gasteiger partial charge >= 0.3 is 0 Å². The number of benzene rings is 1. The molecule has 13 heavy (non-hydrogen) atoms. The summed E-state index contributed by atoms with van der Waals surface area (Å²) in [7, 11) is 0. The highest BCUT2D eigenvalue weighted by Gasteiger charge is 1.89. The third kappa shape index (κ3) is 5.15. The van der Waals surface area contributed by atoms with Crippen LogP contribution < -0.4 is 5.73 Å². The second-order valence-electron chi connectivity index (χ2n) is 2.34. The van der Waals surface area contributed by atoms with Gasteiger partial charge in [0.05, 0.1) is 6.54 Å². The Labute approximate surface area is 100 Å². The van der Waals surface area contributed by atoms with Crippen molar-refractivity contribution < 1.29 is 0 Å². The lowest BCUT2D eigenvalue weighted by molar-refractivity contribution is 1.07. The van der Waals surface area contributed by atoms with E-state index in [1.165, 1.54) is 17.3 Å². The predicted molar refractivity (Wildman–Crippen MR) is 70.7 cm³/mol. The van der Waals surface area contributed by atoms with Crippen LogP contribution in [0.25, 0.3) is 0 Å². The van der Waals surface area contributed by atoms with Crippen molar-refractivity contribution in [2.75, 3.05) is 6.26 Å². The van der Waals surface area contributed by atoms with Gasteiger partial charge in [-0.15, -0.1) is 24.0 Å². The molecule has 0 radical (unpaired) electrons. The summed E-state index contributed by atoms with van der Waals surface area (Å²) in [6, 6.07) is 10.1. The Kier molecular flexibility index (Phi) is 7.07. The minimum absolute atomic E-state index is 0. The van der Waals surface area contributed by atoms with Crippen LogP contribution >= 0.6 is 35.7 Å². The van der Waals surface area contributed by atoms with Gasteiger partial charge in [-0.2, -0.15) is 0 Å². The molecule has 0 aliphatic heterocycles. The fourth-order valence-corrected chi connectivity index (χ4v) is 1.01. The Morgan fingerprint density at radius 1 is 1.38 bits per heavy atom. The second-order valence-corrected chi connectivity index (χ2v) is 3.17. The Hall–Kier alpha value is -0.230. The van der Waals surface area contributed by atoms with Crippen molar-refractivity contribution in [2.45, 2.75) is 6.54 Å². The number of aliphatic imine (C=N–C) groups is 1. The largest absolute Gasteiger partial charge is 0.379 e. The molecular weight excluding hydrogens is 295 g/mol. The summed E-state index contributed by atoms with van der Waals surface area (Å²) in [6.07, 6.45) is 1.92. The van der Waals surface area contributed by atoms with E-state index >= 15 is 0 Å². The Bertz CT molecular complexity index is 262. The first-order valence-corrected chi connectivity index (χ1v) is 4.93. The van der Waals surface area contributed by atoms with Crippen molar-refractivity contribution in [1.82, 2.24) is 0 Å². The molecule has 0 aliphatic rings. The van der Waals surface area contributed by atoms with Gasteiger partial charge < -0.3 is 5.73 Å². The minimum atomic E-state index is 0. The Morgan fingerprint density at radius 3 is 2.54 bits per heavy atom. The molecule has 0 bridgehead atoms. The van der Waals surface area contributed by atoms with Crippen LogP contribution in [0.15, 0.2) is 35.3 Å².